The molecule has 2 saturated heterocycles. The van der Waals surface area contributed by atoms with E-state index in [1.165, 1.54) is 0 Å². The Kier molecular flexibility index (Phi) is 7.05. The van der Waals surface area contributed by atoms with Gasteiger partial charge in [0.05, 0.1) is 16.9 Å². The fourth-order valence-corrected chi connectivity index (χ4v) is 10.3. The van der Waals surface area contributed by atoms with Crippen LogP contribution in [-0.2, 0) is 19.4 Å². The second-order valence-electron chi connectivity index (χ2n) is 11.7. The molecule has 0 spiro atoms. The number of likely N-dealkylation sites (tertiary alicyclic amines) is 1. The van der Waals surface area contributed by atoms with Crippen LogP contribution in [0.2, 0.25) is 0 Å². The highest BCUT2D eigenvalue weighted by Crippen LogP contribution is 2.55. The van der Waals surface area contributed by atoms with Gasteiger partial charge in [-0.1, -0.05) is 43.9 Å². The Morgan fingerprint density at radius 1 is 1.03 bits per heavy atom. The van der Waals surface area contributed by atoms with Gasteiger partial charge in [0, 0.05) is 18.0 Å². The molecule has 0 aromatic heterocycles. The summed E-state index contributed by atoms with van der Waals surface area (Å²) in [6.45, 7) is 4.07. The average molecular weight is 504 g/mol. The van der Waals surface area contributed by atoms with E-state index in [1.54, 1.807) is 24.3 Å². The Morgan fingerprint density at radius 3 is 2.49 bits per heavy atom. The molecule has 0 amide bonds. The molecule has 1 unspecified atom stereocenters. The molecule has 4 aliphatic rings. The Labute approximate surface area is 210 Å². The maximum absolute atomic E-state index is 14.3. The highest BCUT2D eigenvalue weighted by molar-refractivity contribution is 7.92. The van der Waals surface area contributed by atoms with Crippen LogP contribution in [-0.4, -0.2) is 61.0 Å². The first-order chi connectivity index (χ1) is 16.7. The highest BCUT2D eigenvalue weighted by Gasteiger charge is 2.59. The van der Waals surface area contributed by atoms with Crippen molar-refractivity contribution in [3.63, 3.8) is 0 Å². The van der Waals surface area contributed by atoms with Crippen molar-refractivity contribution >= 4 is 15.8 Å². The maximum atomic E-state index is 14.3. The van der Waals surface area contributed by atoms with Crippen LogP contribution >= 0.6 is 0 Å². The third-order valence-electron chi connectivity index (χ3n) is 9.96. The zero-order valence-electron chi connectivity index (χ0n) is 21.3. The topological polar surface area (TPSA) is 83.9 Å². The van der Waals surface area contributed by atoms with Crippen LogP contribution in [0.25, 0.3) is 0 Å². The van der Waals surface area contributed by atoms with Gasteiger partial charge in [0.15, 0.2) is 9.84 Å². The first kappa shape index (κ1) is 25.2. The number of sulfone groups is 1. The van der Waals surface area contributed by atoms with Gasteiger partial charge in [0.25, 0.3) is 0 Å². The molecule has 1 aromatic rings. The van der Waals surface area contributed by atoms with E-state index < -0.39 is 21.2 Å². The van der Waals surface area contributed by atoms with Crippen molar-refractivity contribution in [2.24, 2.45) is 29.6 Å². The predicted octanol–water partition coefficient (Wildman–Crippen LogP) is 4.07. The van der Waals surface area contributed by atoms with Crippen molar-refractivity contribution in [1.82, 2.24) is 4.90 Å². The summed E-state index contributed by atoms with van der Waals surface area (Å²) in [6.07, 6.45) is 6.48. The van der Waals surface area contributed by atoms with E-state index in [9.17, 15) is 18.3 Å². The number of aliphatic hydroxyl groups excluding tert-OH is 1. The number of cyclic esters (lactones) is 1. The van der Waals surface area contributed by atoms with Crippen LogP contribution < -0.4 is 0 Å². The summed E-state index contributed by atoms with van der Waals surface area (Å²) in [5.74, 6) is -0.185. The normalized spacial score (nSPS) is 39.8. The van der Waals surface area contributed by atoms with Gasteiger partial charge in [0.1, 0.15) is 11.4 Å². The van der Waals surface area contributed by atoms with Crippen LogP contribution in [0.15, 0.2) is 35.2 Å². The number of rotatable bonds is 5. The number of aliphatic hydroxyl groups is 1. The van der Waals surface area contributed by atoms with Crippen molar-refractivity contribution in [2.75, 3.05) is 7.05 Å². The lowest BCUT2D eigenvalue weighted by molar-refractivity contribution is -0.144. The summed E-state index contributed by atoms with van der Waals surface area (Å²) in [5, 5.41) is 11.4. The molecular weight excluding hydrogens is 462 g/mol. The van der Waals surface area contributed by atoms with Crippen molar-refractivity contribution in [3.8, 4) is 0 Å². The molecule has 0 radical (unpaired) electrons. The quantitative estimate of drug-likeness (QED) is 0.610. The van der Waals surface area contributed by atoms with Gasteiger partial charge >= 0.3 is 5.97 Å². The average Bonchev–Trinajstić information content (AvgIpc) is 3.13. The first-order valence-electron chi connectivity index (χ1n) is 13.6. The monoisotopic (exact) mass is 503 g/mol. The summed E-state index contributed by atoms with van der Waals surface area (Å²) in [7, 11) is -1.81. The Morgan fingerprint density at radius 2 is 1.74 bits per heavy atom. The predicted molar refractivity (Wildman–Crippen MR) is 134 cm³/mol. The molecule has 7 heteroatoms. The fourth-order valence-electron chi connectivity index (χ4n) is 8.15. The number of hydrogen-bond donors (Lipinski definition) is 1. The standard InChI is InChI=1S/C28H41NO5S/c1-17-10-9-15-23(29(17)3)27(35(32,33)20-12-5-4-6-13-20)26(30)25-21-14-8-7-11-19(21)16-22-24(25)18(2)34-28(22)31/h4-6,12-13,17-19,21-27,30H,7-11,14-16H2,1-3H3/t17-,18-,19+,21-,22-,23+,24-,25-,26-,27?/m0/s1. The van der Waals surface area contributed by atoms with E-state index in [0.29, 0.717) is 5.92 Å². The number of piperidine rings is 1. The Bertz CT molecular complexity index is 1010. The van der Waals surface area contributed by atoms with E-state index in [1.807, 2.05) is 20.0 Å². The molecule has 2 aliphatic heterocycles. The van der Waals surface area contributed by atoms with Gasteiger partial charge in [0.2, 0.25) is 0 Å². The molecule has 10 atom stereocenters. The first-order valence-corrected chi connectivity index (χ1v) is 15.2. The minimum atomic E-state index is -3.82. The third kappa shape index (κ3) is 4.36. The van der Waals surface area contributed by atoms with Crippen LogP contribution in [0.4, 0.5) is 0 Å². The smallest absolute Gasteiger partial charge is 0.309 e. The second kappa shape index (κ2) is 9.79. The lowest BCUT2D eigenvalue weighted by Crippen LogP contribution is -2.60. The fraction of sp³-hybridized carbons (Fsp3) is 0.750. The summed E-state index contributed by atoms with van der Waals surface area (Å²) < 4.78 is 34.3. The lowest BCUT2D eigenvalue weighted by Gasteiger charge is -2.51. The SMILES string of the molecule is C[C@@H]1OC(=O)[C@H]2C[C@H]3CCCC[C@@H]3[C@H]([C@H](O)C([C@H]3CCC[C@H](C)N3C)S(=O)(=O)c3ccccc3)[C@@H]12. The van der Waals surface area contributed by atoms with Gasteiger partial charge in [-0.15, -0.1) is 0 Å². The number of fused-ring (bicyclic) bond motifs is 2. The molecule has 194 valence electrons. The molecule has 5 rings (SSSR count). The largest absolute Gasteiger partial charge is 0.462 e. The van der Waals surface area contributed by atoms with Crippen LogP contribution in [0.1, 0.15) is 65.2 Å². The van der Waals surface area contributed by atoms with Crippen LogP contribution in [0.5, 0.6) is 0 Å². The number of carbonyl (C=O) groups excluding carboxylic acids is 1. The summed E-state index contributed by atoms with van der Waals surface area (Å²) in [6, 6.07) is 8.62. The zero-order chi connectivity index (χ0) is 24.9. The molecule has 2 saturated carbocycles. The number of ether oxygens (including phenoxy) is 1. The molecule has 35 heavy (non-hydrogen) atoms. The number of benzene rings is 1. The molecule has 2 heterocycles. The molecule has 2 aliphatic carbocycles. The summed E-state index contributed by atoms with van der Waals surface area (Å²) >= 11 is 0. The van der Waals surface area contributed by atoms with E-state index in [0.717, 1.165) is 51.4 Å². The summed E-state index contributed by atoms with van der Waals surface area (Å²) in [5.41, 5.74) is 0. The molecule has 1 N–H and O–H groups in total. The van der Waals surface area contributed by atoms with E-state index >= 15 is 0 Å². The van der Waals surface area contributed by atoms with E-state index in [4.69, 9.17) is 4.74 Å². The van der Waals surface area contributed by atoms with Crippen molar-refractivity contribution < 1.29 is 23.1 Å². The molecule has 4 fully saturated rings. The van der Waals surface area contributed by atoms with E-state index in [-0.39, 0.29) is 52.7 Å². The van der Waals surface area contributed by atoms with Crippen LogP contribution in [0.3, 0.4) is 0 Å². The molecule has 1 aromatic carbocycles. The molecular formula is C28H41NO5S. The van der Waals surface area contributed by atoms with E-state index in [2.05, 4.69) is 11.8 Å². The van der Waals surface area contributed by atoms with Crippen molar-refractivity contribution in [2.45, 2.75) is 99.7 Å². The molecule has 0 bridgehead atoms. The van der Waals surface area contributed by atoms with Gasteiger partial charge in [-0.25, -0.2) is 8.42 Å². The number of carbonyl (C=O) groups is 1. The minimum Gasteiger partial charge on any atom is -0.462 e. The minimum absolute atomic E-state index is 0.128. The van der Waals surface area contributed by atoms with Gasteiger partial charge in [-0.2, -0.15) is 0 Å². The van der Waals surface area contributed by atoms with Crippen molar-refractivity contribution in [1.29, 1.82) is 0 Å². The highest BCUT2D eigenvalue weighted by atomic mass is 32.2. The van der Waals surface area contributed by atoms with Crippen LogP contribution in [0, 0.1) is 29.6 Å². The second-order valence-corrected chi connectivity index (χ2v) is 13.8. The van der Waals surface area contributed by atoms with Gasteiger partial charge in [-0.05, 0) is 76.5 Å². The van der Waals surface area contributed by atoms with Gasteiger partial charge < -0.3 is 9.84 Å². The van der Waals surface area contributed by atoms with Gasteiger partial charge in [-0.3, -0.25) is 9.69 Å². The number of nitrogens with zero attached hydrogens (tertiary/aromatic N) is 1. The maximum Gasteiger partial charge on any atom is 0.309 e. The number of hydrogen-bond acceptors (Lipinski definition) is 6. The lowest BCUT2D eigenvalue weighted by atomic mass is 9.55. The summed E-state index contributed by atoms with van der Waals surface area (Å²) in [4.78, 5) is 15.3. The Balaban J connectivity index is 1.60. The zero-order valence-corrected chi connectivity index (χ0v) is 22.1. The third-order valence-corrected chi connectivity index (χ3v) is 12.2. The number of esters is 1. The Hall–Kier alpha value is -1.44. The van der Waals surface area contributed by atoms with Crippen molar-refractivity contribution in [3.05, 3.63) is 30.3 Å². The molecule has 6 nitrogen and oxygen atoms in total.